The highest BCUT2D eigenvalue weighted by molar-refractivity contribution is 8.00. The predicted molar refractivity (Wildman–Crippen MR) is 68.4 cm³/mol. The lowest BCUT2D eigenvalue weighted by molar-refractivity contribution is -0.393. The van der Waals surface area contributed by atoms with Gasteiger partial charge < -0.3 is 10.1 Å². The summed E-state index contributed by atoms with van der Waals surface area (Å²) in [7, 11) is -3.57. The zero-order valence-corrected chi connectivity index (χ0v) is 11.3. The van der Waals surface area contributed by atoms with E-state index in [2.05, 4.69) is 4.98 Å². The number of nitro groups is 1. The Kier molecular flexibility index (Phi) is 3.56. The minimum absolute atomic E-state index is 0.129. The van der Waals surface area contributed by atoms with E-state index in [-0.39, 0.29) is 22.3 Å². The summed E-state index contributed by atoms with van der Waals surface area (Å²) in [5, 5.41) is 17.7. The van der Waals surface area contributed by atoms with Crippen LogP contribution < -0.4 is 5.14 Å². The molecule has 0 aliphatic rings. The number of sulfonamides is 1. The number of imidazole rings is 1. The van der Waals surface area contributed by atoms with Crippen LogP contribution in [0.2, 0.25) is 0 Å². The molecule has 0 bridgehead atoms. The third-order valence-electron chi connectivity index (χ3n) is 1.99. The normalized spacial score (nSPS) is 12.1. The van der Waals surface area contributed by atoms with Gasteiger partial charge in [-0.2, -0.15) is 9.38 Å². The van der Waals surface area contributed by atoms with Crippen molar-refractivity contribution in [3.63, 3.8) is 0 Å². The van der Waals surface area contributed by atoms with E-state index >= 15 is 0 Å². The third-order valence-corrected chi connectivity index (χ3v) is 4.73. The van der Waals surface area contributed by atoms with Crippen LogP contribution >= 0.6 is 23.1 Å². The number of hydrogen-bond acceptors (Lipinski definition) is 7. The number of fused-ring (bicyclic) bond motifs is 1. The summed E-state index contributed by atoms with van der Waals surface area (Å²) in [5.74, 6) is -0.268. The molecule has 0 aromatic carbocycles. The van der Waals surface area contributed by atoms with Crippen molar-refractivity contribution in [3.05, 3.63) is 21.7 Å². The van der Waals surface area contributed by atoms with Gasteiger partial charge in [-0.25, -0.2) is 13.6 Å². The number of hydrogen-bond donors (Lipinski definition) is 1. The average Bonchev–Trinajstić information content (AvgIpc) is 2.73. The highest BCUT2D eigenvalue weighted by Crippen LogP contribution is 2.31. The van der Waals surface area contributed by atoms with E-state index in [1.165, 1.54) is 15.7 Å². The SMILES string of the molecule is NS(=O)(=O)CCSc1nc2sccn2c1[N+](=O)[O-]. The molecule has 11 heteroatoms. The molecule has 98 valence electrons. The number of nitrogens with two attached hydrogens (primary N) is 1. The van der Waals surface area contributed by atoms with Gasteiger partial charge in [-0.15, -0.1) is 0 Å². The van der Waals surface area contributed by atoms with Crippen LogP contribution in [-0.2, 0) is 10.0 Å². The van der Waals surface area contributed by atoms with E-state index < -0.39 is 14.9 Å². The Morgan fingerprint density at radius 2 is 2.33 bits per heavy atom. The molecule has 2 N–H and O–H groups in total. The van der Waals surface area contributed by atoms with Crippen LogP contribution in [0.15, 0.2) is 16.6 Å². The maximum Gasteiger partial charge on any atom is 0.362 e. The van der Waals surface area contributed by atoms with Crippen LogP contribution in [0.3, 0.4) is 0 Å². The molecular formula is C7H8N4O4S3. The van der Waals surface area contributed by atoms with Crippen molar-refractivity contribution >= 4 is 43.9 Å². The quantitative estimate of drug-likeness (QED) is 0.492. The van der Waals surface area contributed by atoms with Crippen molar-refractivity contribution in [2.24, 2.45) is 5.14 Å². The Bertz CT molecular complexity index is 689. The second-order valence-electron chi connectivity index (χ2n) is 3.27. The molecule has 0 unspecified atom stereocenters. The molecule has 0 saturated carbocycles. The largest absolute Gasteiger partial charge is 0.362 e. The molecule has 0 fully saturated rings. The molecule has 2 rings (SSSR count). The summed E-state index contributed by atoms with van der Waals surface area (Å²) in [6.45, 7) is 0. The molecule has 0 spiro atoms. The van der Waals surface area contributed by atoms with Crippen molar-refractivity contribution in [1.82, 2.24) is 9.38 Å². The monoisotopic (exact) mass is 308 g/mol. The van der Waals surface area contributed by atoms with Crippen LogP contribution in [0.1, 0.15) is 0 Å². The molecule has 18 heavy (non-hydrogen) atoms. The van der Waals surface area contributed by atoms with Crippen molar-refractivity contribution in [2.75, 3.05) is 11.5 Å². The molecule has 0 aliphatic carbocycles. The highest BCUT2D eigenvalue weighted by atomic mass is 32.2. The van der Waals surface area contributed by atoms with Crippen LogP contribution in [0.5, 0.6) is 0 Å². The lowest BCUT2D eigenvalue weighted by atomic mass is 10.7. The van der Waals surface area contributed by atoms with E-state index in [9.17, 15) is 18.5 Å². The van der Waals surface area contributed by atoms with E-state index in [0.717, 1.165) is 11.8 Å². The number of rotatable bonds is 5. The van der Waals surface area contributed by atoms with E-state index in [0.29, 0.717) is 4.96 Å². The van der Waals surface area contributed by atoms with Crippen LogP contribution in [0, 0.1) is 10.1 Å². The summed E-state index contributed by atoms with van der Waals surface area (Å²) in [6, 6.07) is 0. The summed E-state index contributed by atoms with van der Waals surface area (Å²) < 4.78 is 22.9. The first kappa shape index (κ1) is 13.3. The van der Waals surface area contributed by atoms with Gasteiger partial charge in [0.15, 0.2) is 5.03 Å². The van der Waals surface area contributed by atoms with Gasteiger partial charge in [0.1, 0.15) is 6.20 Å². The van der Waals surface area contributed by atoms with Crippen molar-refractivity contribution < 1.29 is 13.3 Å². The van der Waals surface area contributed by atoms with Crippen LogP contribution in [0.25, 0.3) is 4.96 Å². The summed E-state index contributed by atoms with van der Waals surface area (Å²) in [6.07, 6.45) is 1.55. The molecule has 8 nitrogen and oxygen atoms in total. The number of aromatic nitrogens is 2. The zero-order valence-electron chi connectivity index (χ0n) is 8.85. The number of primary sulfonamides is 1. The molecule has 0 atom stereocenters. The lowest BCUT2D eigenvalue weighted by Crippen LogP contribution is -2.17. The molecule has 0 radical (unpaired) electrons. The third kappa shape index (κ3) is 2.80. The second kappa shape index (κ2) is 4.84. The van der Waals surface area contributed by atoms with Crippen LogP contribution in [-0.4, -0.2) is 34.2 Å². The smallest absolute Gasteiger partial charge is 0.358 e. The molecule has 0 aliphatic heterocycles. The van der Waals surface area contributed by atoms with Gasteiger partial charge >= 0.3 is 5.82 Å². The lowest BCUT2D eigenvalue weighted by Gasteiger charge is -1.97. The van der Waals surface area contributed by atoms with Gasteiger partial charge in [-0.05, 0) is 4.92 Å². The van der Waals surface area contributed by atoms with E-state index in [1.807, 2.05) is 0 Å². The first-order valence-electron chi connectivity index (χ1n) is 4.62. The fourth-order valence-corrected chi connectivity index (χ4v) is 3.95. The van der Waals surface area contributed by atoms with E-state index in [4.69, 9.17) is 5.14 Å². The molecule has 0 amide bonds. The average molecular weight is 308 g/mol. The van der Waals surface area contributed by atoms with Gasteiger partial charge in [0.25, 0.3) is 4.96 Å². The van der Waals surface area contributed by atoms with Crippen molar-refractivity contribution in [1.29, 1.82) is 0 Å². The number of nitrogens with zero attached hydrogens (tertiary/aromatic N) is 3. The molecular weight excluding hydrogens is 300 g/mol. The second-order valence-corrected chi connectivity index (χ2v) is 6.96. The highest BCUT2D eigenvalue weighted by Gasteiger charge is 2.23. The Balaban J connectivity index is 2.25. The first-order valence-corrected chi connectivity index (χ1v) is 8.20. The Morgan fingerprint density at radius 1 is 1.61 bits per heavy atom. The van der Waals surface area contributed by atoms with Gasteiger partial charge in [-0.3, -0.25) is 0 Å². The molecule has 2 heterocycles. The topological polar surface area (TPSA) is 121 Å². The molecule has 2 aromatic rings. The molecule has 2 aromatic heterocycles. The number of thioether (sulfide) groups is 1. The van der Waals surface area contributed by atoms with E-state index in [1.54, 1.807) is 11.6 Å². The Labute approximate surface area is 110 Å². The van der Waals surface area contributed by atoms with Gasteiger partial charge in [-0.1, -0.05) is 23.1 Å². The summed E-state index contributed by atoms with van der Waals surface area (Å²) in [4.78, 5) is 15.0. The fraction of sp³-hybridized carbons (Fsp3) is 0.286. The minimum atomic E-state index is -3.57. The van der Waals surface area contributed by atoms with Gasteiger partial charge in [0, 0.05) is 11.1 Å². The Hall–Kier alpha value is -1.17. The zero-order chi connectivity index (χ0) is 13.3. The minimum Gasteiger partial charge on any atom is -0.358 e. The predicted octanol–water partition coefficient (Wildman–Crippen LogP) is 0.685. The fourth-order valence-electron chi connectivity index (χ4n) is 1.27. The van der Waals surface area contributed by atoms with Gasteiger partial charge in [0.2, 0.25) is 10.0 Å². The molecule has 0 saturated heterocycles. The first-order chi connectivity index (χ1) is 8.38. The maximum atomic E-state index is 10.9. The maximum absolute atomic E-state index is 10.9. The summed E-state index contributed by atoms with van der Waals surface area (Å²) >= 11 is 2.28. The standard InChI is InChI=1S/C7H8N4O4S3/c8-18(14,15)4-3-16-5-6(11(12)13)10-1-2-17-7(10)9-5/h1-2H,3-4H2,(H2,8,14,15). The van der Waals surface area contributed by atoms with Crippen molar-refractivity contribution in [3.8, 4) is 0 Å². The van der Waals surface area contributed by atoms with Crippen molar-refractivity contribution in [2.45, 2.75) is 5.03 Å². The van der Waals surface area contributed by atoms with Crippen LogP contribution in [0.4, 0.5) is 5.82 Å². The summed E-state index contributed by atoms with van der Waals surface area (Å²) in [5.41, 5.74) is 0. The van der Waals surface area contributed by atoms with Gasteiger partial charge in [0.05, 0.1) is 5.75 Å². The number of thiazole rings is 1. The Morgan fingerprint density at radius 3 is 2.94 bits per heavy atom.